The van der Waals surface area contributed by atoms with Gasteiger partial charge in [0.25, 0.3) is 11.9 Å². The summed E-state index contributed by atoms with van der Waals surface area (Å²) in [6, 6.07) is 6.51. The topological polar surface area (TPSA) is 137 Å². The van der Waals surface area contributed by atoms with Crippen molar-refractivity contribution in [2.45, 2.75) is 13.1 Å². The number of nitrogens with one attached hydrogen (secondary N) is 2. The van der Waals surface area contributed by atoms with E-state index in [9.17, 15) is 18.0 Å². The fourth-order valence-electron chi connectivity index (χ4n) is 2.15. The van der Waals surface area contributed by atoms with Crippen LogP contribution in [0.15, 0.2) is 24.3 Å². The van der Waals surface area contributed by atoms with Gasteiger partial charge in [-0.1, -0.05) is 0 Å². The molecule has 0 aliphatic heterocycles. The van der Waals surface area contributed by atoms with Gasteiger partial charge in [0.15, 0.2) is 0 Å². The molecule has 0 bridgehead atoms. The highest BCUT2D eigenvalue weighted by molar-refractivity contribution is 6.01. The first kappa shape index (κ1) is 22.1. The molecule has 4 N–H and O–H groups in total. The van der Waals surface area contributed by atoms with E-state index in [2.05, 4.69) is 25.5 Å². The lowest BCUT2D eigenvalue weighted by Gasteiger charge is -2.06. The van der Waals surface area contributed by atoms with E-state index in [1.165, 1.54) is 6.92 Å². The number of hydrogen-bond donors (Lipinski definition) is 3. The normalized spacial score (nSPS) is 11.1. The zero-order valence-electron chi connectivity index (χ0n) is 14.9. The molecule has 0 saturated heterocycles. The Balaban J connectivity index is 0.00000300. The molecule has 2 heterocycles. The monoisotopic (exact) mass is 432 g/mol. The van der Waals surface area contributed by atoms with Crippen LogP contribution >= 0.6 is 12.4 Å². The third-order valence-corrected chi connectivity index (χ3v) is 3.40. The SMILES string of the molecule is Cc1nc(C(=O)Nc2ccc(OCCN)cc2)nn1-c1n[nH]c(C(F)(F)F)n1.Cl. The van der Waals surface area contributed by atoms with Gasteiger partial charge in [-0.15, -0.1) is 22.6 Å². The molecule has 3 rings (SSSR count). The summed E-state index contributed by atoms with van der Waals surface area (Å²) in [6.07, 6.45) is -4.68. The van der Waals surface area contributed by atoms with Crippen LogP contribution in [0.3, 0.4) is 0 Å². The fourth-order valence-corrected chi connectivity index (χ4v) is 2.15. The molecule has 10 nitrogen and oxygen atoms in total. The smallest absolute Gasteiger partial charge is 0.451 e. The second-order valence-electron chi connectivity index (χ2n) is 5.49. The van der Waals surface area contributed by atoms with Gasteiger partial charge in [-0.05, 0) is 31.2 Å². The molecule has 0 saturated carbocycles. The summed E-state index contributed by atoms with van der Waals surface area (Å²) in [5, 5.41) is 11.7. The first-order valence-corrected chi connectivity index (χ1v) is 7.96. The summed E-state index contributed by atoms with van der Waals surface area (Å²) < 4.78 is 44.2. The minimum Gasteiger partial charge on any atom is -0.492 e. The van der Waals surface area contributed by atoms with Crippen molar-refractivity contribution in [1.82, 2.24) is 29.9 Å². The number of nitrogens with two attached hydrogens (primary N) is 1. The van der Waals surface area contributed by atoms with Crippen LogP contribution in [-0.2, 0) is 6.18 Å². The Labute approximate surface area is 168 Å². The number of aromatic amines is 1. The van der Waals surface area contributed by atoms with Gasteiger partial charge in [0.1, 0.15) is 18.2 Å². The summed E-state index contributed by atoms with van der Waals surface area (Å²) in [6.45, 7) is 2.20. The van der Waals surface area contributed by atoms with Gasteiger partial charge < -0.3 is 15.8 Å². The van der Waals surface area contributed by atoms with E-state index in [0.29, 0.717) is 24.6 Å². The Morgan fingerprint density at radius 1 is 1.28 bits per heavy atom. The Hall–Kier alpha value is -3.19. The molecule has 0 radical (unpaired) electrons. The number of anilines is 1. The van der Waals surface area contributed by atoms with E-state index in [1.54, 1.807) is 29.4 Å². The molecular formula is C15H16ClF3N8O2. The first-order valence-electron chi connectivity index (χ1n) is 7.96. The molecule has 1 amide bonds. The minimum absolute atomic E-state index is 0. The second kappa shape index (κ2) is 8.87. The van der Waals surface area contributed by atoms with Crippen LogP contribution in [0.1, 0.15) is 22.3 Å². The molecule has 0 atom stereocenters. The summed E-state index contributed by atoms with van der Waals surface area (Å²) in [7, 11) is 0. The average Bonchev–Trinajstić information content (AvgIpc) is 3.27. The molecule has 0 unspecified atom stereocenters. The molecule has 1 aromatic carbocycles. The number of hydrogen-bond acceptors (Lipinski definition) is 7. The van der Waals surface area contributed by atoms with Gasteiger partial charge in [-0.25, -0.2) is 4.98 Å². The number of carbonyl (C=O) groups excluding carboxylic acids is 1. The van der Waals surface area contributed by atoms with E-state index in [4.69, 9.17) is 10.5 Å². The third kappa shape index (κ3) is 5.20. The molecule has 29 heavy (non-hydrogen) atoms. The number of nitrogens with zero attached hydrogens (tertiary/aromatic N) is 5. The first-order chi connectivity index (χ1) is 13.3. The number of aryl methyl sites for hydroxylation is 1. The highest BCUT2D eigenvalue weighted by atomic mass is 35.5. The number of aromatic nitrogens is 6. The van der Waals surface area contributed by atoms with E-state index in [-0.39, 0.29) is 30.0 Å². The Morgan fingerprint density at radius 3 is 2.55 bits per heavy atom. The number of H-pyrrole nitrogens is 1. The van der Waals surface area contributed by atoms with E-state index >= 15 is 0 Å². The molecule has 0 spiro atoms. The predicted octanol–water partition coefficient (Wildman–Crippen LogP) is 1.72. The molecule has 156 valence electrons. The maximum absolute atomic E-state index is 12.6. The van der Waals surface area contributed by atoms with Crippen LogP contribution in [-0.4, -0.2) is 49.0 Å². The van der Waals surface area contributed by atoms with Gasteiger partial charge in [0.2, 0.25) is 11.6 Å². The molecular weight excluding hydrogens is 417 g/mol. The molecule has 0 aliphatic rings. The lowest BCUT2D eigenvalue weighted by Crippen LogP contribution is -2.14. The van der Waals surface area contributed by atoms with E-state index in [1.807, 2.05) is 0 Å². The molecule has 0 aliphatic carbocycles. The van der Waals surface area contributed by atoms with Crippen molar-refractivity contribution in [1.29, 1.82) is 0 Å². The molecule has 0 fully saturated rings. The number of rotatable bonds is 6. The van der Waals surface area contributed by atoms with Crippen molar-refractivity contribution in [3.8, 4) is 11.7 Å². The fraction of sp³-hybridized carbons (Fsp3) is 0.267. The van der Waals surface area contributed by atoms with Crippen molar-refractivity contribution in [3.63, 3.8) is 0 Å². The average molecular weight is 433 g/mol. The lowest BCUT2D eigenvalue weighted by atomic mass is 10.3. The van der Waals surface area contributed by atoms with E-state index in [0.717, 1.165) is 4.68 Å². The number of benzene rings is 1. The van der Waals surface area contributed by atoms with Crippen molar-refractivity contribution in [2.75, 3.05) is 18.5 Å². The van der Waals surface area contributed by atoms with Crippen molar-refractivity contribution in [2.24, 2.45) is 5.73 Å². The third-order valence-electron chi connectivity index (χ3n) is 3.40. The summed E-state index contributed by atoms with van der Waals surface area (Å²) >= 11 is 0. The number of alkyl halides is 3. The largest absolute Gasteiger partial charge is 0.492 e. The lowest BCUT2D eigenvalue weighted by molar-refractivity contribution is -0.144. The van der Waals surface area contributed by atoms with Gasteiger partial charge in [0, 0.05) is 12.2 Å². The summed E-state index contributed by atoms with van der Waals surface area (Å²) in [5.41, 5.74) is 5.81. The van der Waals surface area contributed by atoms with Crippen molar-refractivity contribution < 1.29 is 22.7 Å². The zero-order chi connectivity index (χ0) is 20.3. The maximum Gasteiger partial charge on any atom is 0.451 e. The van der Waals surface area contributed by atoms with Gasteiger partial charge >= 0.3 is 6.18 Å². The zero-order valence-corrected chi connectivity index (χ0v) is 15.7. The van der Waals surface area contributed by atoms with E-state index < -0.39 is 17.9 Å². The van der Waals surface area contributed by atoms with Gasteiger partial charge in [0.05, 0.1) is 0 Å². The molecule has 14 heteroatoms. The van der Waals surface area contributed by atoms with Crippen molar-refractivity contribution >= 4 is 24.0 Å². The highest BCUT2D eigenvalue weighted by Crippen LogP contribution is 2.26. The number of ether oxygens (including phenoxy) is 1. The van der Waals surface area contributed by atoms with Crippen LogP contribution < -0.4 is 15.8 Å². The Bertz CT molecular complexity index is 971. The standard InChI is InChI=1S/C15H15F3N8O2.ClH/c1-8-20-11(25-26(8)14-22-13(23-24-14)15(16,17)18)12(27)21-9-2-4-10(5-3-9)28-7-6-19;/h2-5H,6-7,19H2,1H3,(H,21,27)(H,22,23,24);1H. The summed E-state index contributed by atoms with van der Waals surface area (Å²) in [5.74, 6) is -1.82. The van der Waals surface area contributed by atoms with Gasteiger partial charge in [-0.2, -0.15) is 22.8 Å². The van der Waals surface area contributed by atoms with Crippen LogP contribution in [0.5, 0.6) is 5.75 Å². The second-order valence-corrected chi connectivity index (χ2v) is 5.49. The number of halogens is 4. The van der Waals surface area contributed by atoms with Gasteiger partial charge in [-0.3, -0.25) is 9.89 Å². The highest BCUT2D eigenvalue weighted by Gasteiger charge is 2.35. The quantitative estimate of drug-likeness (QED) is 0.539. The number of amides is 1. The minimum atomic E-state index is -4.68. The maximum atomic E-state index is 12.6. The van der Waals surface area contributed by atoms with Crippen LogP contribution in [0, 0.1) is 6.92 Å². The predicted molar refractivity (Wildman–Crippen MR) is 97.2 cm³/mol. The van der Waals surface area contributed by atoms with Crippen LogP contribution in [0.4, 0.5) is 18.9 Å². The number of carbonyl (C=O) groups is 1. The Kier molecular flexibility index (Phi) is 6.76. The molecule has 2 aromatic heterocycles. The van der Waals surface area contributed by atoms with Crippen molar-refractivity contribution in [3.05, 3.63) is 41.7 Å². The molecule has 3 aromatic rings. The van der Waals surface area contributed by atoms with Crippen LogP contribution in [0.25, 0.3) is 5.95 Å². The van der Waals surface area contributed by atoms with Crippen LogP contribution in [0.2, 0.25) is 0 Å². The Morgan fingerprint density at radius 2 is 1.97 bits per heavy atom. The summed E-state index contributed by atoms with van der Waals surface area (Å²) in [4.78, 5) is 19.6.